The molecular weight excluding hydrogens is 335 g/mol. The van der Waals surface area contributed by atoms with Gasteiger partial charge >= 0.3 is 0 Å². The molecule has 2 aromatic rings. The van der Waals surface area contributed by atoms with Gasteiger partial charge in [0.05, 0.1) is 24.0 Å². The molecule has 7 heteroatoms. The number of carbonyl (C=O) groups excluding carboxylic acids is 1. The van der Waals surface area contributed by atoms with Crippen molar-refractivity contribution in [1.29, 1.82) is 0 Å². The van der Waals surface area contributed by atoms with Crippen molar-refractivity contribution in [2.45, 2.75) is 26.3 Å². The monoisotopic (exact) mass is 350 g/mol. The Kier molecular flexibility index (Phi) is 4.68. The van der Waals surface area contributed by atoms with Crippen LogP contribution < -0.4 is 5.43 Å². The van der Waals surface area contributed by atoms with Crippen LogP contribution in [0.3, 0.4) is 0 Å². The number of aryl methyl sites for hydroxylation is 1. The highest BCUT2D eigenvalue weighted by molar-refractivity contribution is 6.32. The lowest BCUT2D eigenvalue weighted by atomic mass is 10.2. The molecule has 0 saturated heterocycles. The van der Waals surface area contributed by atoms with Crippen molar-refractivity contribution in [2.75, 3.05) is 0 Å². The molecule has 1 aromatic heterocycles. The molecule has 0 radical (unpaired) electrons. The summed E-state index contributed by atoms with van der Waals surface area (Å²) in [5.41, 5.74) is 4.90. The fraction of sp³-hybridized carbons (Fsp3) is 0.312. The number of benzene rings is 1. The molecule has 1 aromatic carbocycles. The fourth-order valence-electron chi connectivity index (χ4n) is 2.20. The summed E-state index contributed by atoms with van der Waals surface area (Å²) in [4.78, 5) is 11.6. The Hall–Kier alpha value is -1.85. The van der Waals surface area contributed by atoms with E-state index in [1.165, 1.54) is 6.21 Å². The predicted octanol–water partition coefficient (Wildman–Crippen LogP) is 3.41. The Morgan fingerprint density at radius 1 is 1.43 bits per heavy atom. The minimum atomic E-state index is -0.0431. The molecule has 3 rings (SSSR count). The van der Waals surface area contributed by atoms with Crippen molar-refractivity contribution in [3.63, 3.8) is 0 Å². The van der Waals surface area contributed by atoms with Crippen molar-refractivity contribution in [2.24, 2.45) is 11.0 Å². The second-order valence-electron chi connectivity index (χ2n) is 5.55. The van der Waals surface area contributed by atoms with Crippen LogP contribution in [-0.2, 0) is 11.3 Å². The quantitative estimate of drug-likeness (QED) is 0.663. The minimum Gasteiger partial charge on any atom is -0.273 e. The number of halogens is 2. The summed E-state index contributed by atoms with van der Waals surface area (Å²) in [6.45, 7) is 2.32. The molecule has 1 aliphatic rings. The number of nitrogens with one attached hydrogen (secondary N) is 1. The average molecular weight is 351 g/mol. The number of nitrogens with zero attached hydrogens (tertiary/aromatic N) is 3. The van der Waals surface area contributed by atoms with E-state index in [4.69, 9.17) is 23.2 Å². The maximum Gasteiger partial charge on any atom is 0.243 e. The van der Waals surface area contributed by atoms with Crippen LogP contribution in [0.25, 0.3) is 0 Å². The summed E-state index contributed by atoms with van der Waals surface area (Å²) in [7, 11) is 0. The lowest BCUT2D eigenvalue weighted by Crippen LogP contribution is -2.19. The molecule has 0 unspecified atom stereocenters. The highest BCUT2D eigenvalue weighted by Gasteiger charge is 2.29. The number of aromatic nitrogens is 2. The molecule has 1 amide bonds. The van der Waals surface area contributed by atoms with Crippen LogP contribution in [0.5, 0.6) is 0 Å². The van der Waals surface area contributed by atoms with Gasteiger partial charge in [0, 0.05) is 10.9 Å². The number of amides is 1. The SMILES string of the molecule is Cc1nn(Cc2ccccc2Cl)c(Cl)c1/C=N\NC(=O)C1CC1. The van der Waals surface area contributed by atoms with Crippen LogP contribution in [0.1, 0.15) is 29.7 Å². The van der Waals surface area contributed by atoms with Gasteiger partial charge in [0.15, 0.2) is 0 Å². The van der Waals surface area contributed by atoms with Crippen molar-refractivity contribution in [3.8, 4) is 0 Å². The first-order chi connectivity index (χ1) is 11.1. The summed E-state index contributed by atoms with van der Waals surface area (Å²) in [5.74, 6) is 0.0742. The number of hydrogen-bond acceptors (Lipinski definition) is 3. The van der Waals surface area contributed by atoms with Gasteiger partial charge in [-0.3, -0.25) is 4.79 Å². The topological polar surface area (TPSA) is 59.3 Å². The molecule has 0 bridgehead atoms. The Labute approximate surface area is 144 Å². The van der Waals surface area contributed by atoms with Crippen molar-refractivity contribution >= 4 is 35.3 Å². The summed E-state index contributed by atoms with van der Waals surface area (Å²) in [5, 5.41) is 9.52. The zero-order valence-electron chi connectivity index (χ0n) is 12.6. The van der Waals surface area contributed by atoms with E-state index < -0.39 is 0 Å². The molecular formula is C16H16Cl2N4O. The van der Waals surface area contributed by atoms with E-state index in [0.717, 1.165) is 24.1 Å². The lowest BCUT2D eigenvalue weighted by Gasteiger charge is -2.05. The molecule has 0 spiro atoms. The molecule has 5 nitrogen and oxygen atoms in total. The third-order valence-electron chi connectivity index (χ3n) is 3.70. The second-order valence-corrected chi connectivity index (χ2v) is 6.31. The van der Waals surface area contributed by atoms with Gasteiger partial charge in [-0.15, -0.1) is 0 Å². The summed E-state index contributed by atoms with van der Waals surface area (Å²) < 4.78 is 1.67. The van der Waals surface area contributed by atoms with Crippen LogP contribution in [0.15, 0.2) is 29.4 Å². The molecule has 1 N–H and O–H groups in total. The zero-order valence-corrected chi connectivity index (χ0v) is 14.1. The van der Waals surface area contributed by atoms with E-state index in [0.29, 0.717) is 22.3 Å². The summed E-state index contributed by atoms with van der Waals surface area (Å²) in [6.07, 6.45) is 3.42. The van der Waals surface area contributed by atoms with Crippen LogP contribution in [-0.4, -0.2) is 21.9 Å². The second kappa shape index (κ2) is 6.72. The van der Waals surface area contributed by atoms with Gasteiger partial charge in [-0.25, -0.2) is 10.1 Å². The first-order valence-electron chi connectivity index (χ1n) is 7.35. The molecule has 0 aliphatic heterocycles. The molecule has 1 saturated carbocycles. The third kappa shape index (κ3) is 3.74. The predicted molar refractivity (Wildman–Crippen MR) is 91.0 cm³/mol. The van der Waals surface area contributed by atoms with Crippen LogP contribution in [0.4, 0.5) is 0 Å². The summed E-state index contributed by atoms with van der Waals surface area (Å²) in [6, 6.07) is 7.56. The van der Waals surface area contributed by atoms with Gasteiger partial charge in [-0.1, -0.05) is 41.4 Å². The molecule has 1 fully saturated rings. The first kappa shape index (κ1) is 16.0. The Morgan fingerprint density at radius 2 is 2.17 bits per heavy atom. The van der Waals surface area contributed by atoms with Crippen LogP contribution in [0, 0.1) is 12.8 Å². The van der Waals surface area contributed by atoms with Gasteiger partial charge < -0.3 is 0 Å². The highest BCUT2D eigenvalue weighted by Crippen LogP contribution is 2.28. The van der Waals surface area contributed by atoms with Crippen molar-refractivity contribution < 1.29 is 4.79 Å². The van der Waals surface area contributed by atoms with Crippen molar-refractivity contribution in [3.05, 3.63) is 51.3 Å². The van der Waals surface area contributed by atoms with E-state index >= 15 is 0 Å². The van der Waals surface area contributed by atoms with Gasteiger partial charge in [0.25, 0.3) is 0 Å². The average Bonchev–Trinajstić information content (AvgIpc) is 3.33. The smallest absolute Gasteiger partial charge is 0.243 e. The normalized spacial score (nSPS) is 14.4. The number of hydrogen-bond donors (Lipinski definition) is 1. The molecule has 1 aliphatic carbocycles. The third-order valence-corrected chi connectivity index (χ3v) is 4.47. The van der Waals surface area contributed by atoms with Gasteiger partial charge in [0.2, 0.25) is 5.91 Å². The molecule has 120 valence electrons. The van der Waals surface area contributed by atoms with Gasteiger partial charge in [-0.05, 0) is 31.4 Å². The van der Waals surface area contributed by atoms with Crippen LogP contribution >= 0.6 is 23.2 Å². The number of carbonyl (C=O) groups is 1. The first-order valence-corrected chi connectivity index (χ1v) is 8.11. The lowest BCUT2D eigenvalue weighted by molar-refractivity contribution is -0.122. The minimum absolute atomic E-state index is 0.0431. The Balaban J connectivity index is 1.75. The standard InChI is InChI=1S/C16H16Cl2N4O/c1-10-13(8-19-20-16(23)11-6-7-11)15(18)22(21-10)9-12-4-2-3-5-14(12)17/h2-5,8,11H,6-7,9H2,1H3,(H,20,23)/b19-8-. The van der Waals surface area contributed by atoms with Gasteiger partial charge in [-0.2, -0.15) is 10.2 Å². The molecule has 1 heterocycles. The molecule has 23 heavy (non-hydrogen) atoms. The molecule has 0 atom stereocenters. The maximum absolute atomic E-state index is 11.6. The fourth-order valence-corrected chi connectivity index (χ4v) is 2.68. The maximum atomic E-state index is 11.6. The van der Waals surface area contributed by atoms with Crippen molar-refractivity contribution in [1.82, 2.24) is 15.2 Å². The van der Waals surface area contributed by atoms with Crippen LogP contribution in [0.2, 0.25) is 10.2 Å². The highest BCUT2D eigenvalue weighted by atomic mass is 35.5. The Morgan fingerprint density at radius 3 is 2.87 bits per heavy atom. The number of hydrazone groups is 1. The van der Waals surface area contributed by atoms with E-state index in [2.05, 4.69) is 15.6 Å². The van der Waals surface area contributed by atoms with E-state index in [1.807, 2.05) is 31.2 Å². The largest absolute Gasteiger partial charge is 0.273 e. The zero-order chi connectivity index (χ0) is 16.4. The van der Waals surface area contributed by atoms with Gasteiger partial charge in [0.1, 0.15) is 5.15 Å². The summed E-state index contributed by atoms with van der Waals surface area (Å²) >= 11 is 12.5. The van der Waals surface area contributed by atoms with E-state index in [9.17, 15) is 4.79 Å². The van der Waals surface area contributed by atoms with E-state index in [-0.39, 0.29) is 11.8 Å². The Bertz CT molecular complexity index is 765. The van der Waals surface area contributed by atoms with E-state index in [1.54, 1.807) is 4.68 Å². The number of rotatable bonds is 5.